The molecule has 2 bridgehead atoms. The predicted molar refractivity (Wildman–Crippen MR) is 115 cm³/mol. The van der Waals surface area contributed by atoms with E-state index >= 15 is 0 Å². The number of hydrogen-bond donors (Lipinski definition) is 2. The van der Waals surface area contributed by atoms with Crippen LogP contribution < -0.4 is 5.32 Å². The van der Waals surface area contributed by atoms with Crippen molar-refractivity contribution in [3.8, 4) is 0 Å². The van der Waals surface area contributed by atoms with E-state index in [0.717, 1.165) is 18.4 Å². The van der Waals surface area contributed by atoms with Gasteiger partial charge in [-0.15, -0.1) is 0 Å². The molecule has 0 unspecified atom stereocenters. The summed E-state index contributed by atoms with van der Waals surface area (Å²) in [6, 6.07) is 7.54. The van der Waals surface area contributed by atoms with Crippen LogP contribution in [0.3, 0.4) is 0 Å². The first kappa shape index (κ1) is 22.7. The van der Waals surface area contributed by atoms with Crippen molar-refractivity contribution >= 4 is 17.8 Å². The zero-order chi connectivity index (χ0) is 22.9. The third-order valence-electron chi connectivity index (χ3n) is 7.07. The van der Waals surface area contributed by atoms with Gasteiger partial charge < -0.3 is 24.8 Å². The smallest absolute Gasteiger partial charge is 0.312 e. The lowest BCUT2D eigenvalue weighted by Crippen LogP contribution is -2.56. The molecule has 4 rings (SSSR count). The van der Waals surface area contributed by atoms with Crippen molar-refractivity contribution in [2.45, 2.75) is 63.3 Å². The van der Waals surface area contributed by atoms with Gasteiger partial charge in [-0.05, 0) is 31.7 Å². The highest BCUT2D eigenvalue weighted by Crippen LogP contribution is 2.59. The second kappa shape index (κ2) is 9.19. The molecule has 0 aliphatic carbocycles. The molecule has 8 nitrogen and oxygen atoms in total. The van der Waals surface area contributed by atoms with Gasteiger partial charge in [0.25, 0.3) is 0 Å². The summed E-state index contributed by atoms with van der Waals surface area (Å²) in [6.45, 7) is 4.13. The number of nitrogens with one attached hydrogen (secondary N) is 1. The van der Waals surface area contributed by atoms with Gasteiger partial charge >= 0.3 is 5.97 Å². The number of benzene rings is 1. The van der Waals surface area contributed by atoms with Crippen LogP contribution in [0, 0.1) is 11.8 Å². The Morgan fingerprint density at radius 3 is 2.72 bits per heavy atom. The van der Waals surface area contributed by atoms with Crippen molar-refractivity contribution in [2.75, 3.05) is 19.8 Å². The number of nitrogens with zero attached hydrogens (tertiary/aromatic N) is 1. The lowest BCUT2D eigenvalue weighted by molar-refractivity contribution is -0.155. The summed E-state index contributed by atoms with van der Waals surface area (Å²) in [5, 5.41) is 13.3. The molecule has 174 valence electrons. The van der Waals surface area contributed by atoms with Crippen molar-refractivity contribution in [1.29, 1.82) is 0 Å². The summed E-state index contributed by atoms with van der Waals surface area (Å²) < 4.78 is 11.6. The number of aliphatic hydroxyl groups is 1. The molecule has 3 saturated heterocycles. The Balaban J connectivity index is 1.75. The highest BCUT2D eigenvalue weighted by atomic mass is 16.6. The van der Waals surface area contributed by atoms with Gasteiger partial charge in [0, 0.05) is 6.54 Å². The molecule has 2 amide bonds. The van der Waals surface area contributed by atoms with Gasteiger partial charge in [0.2, 0.25) is 11.8 Å². The summed E-state index contributed by atoms with van der Waals surface area (Å²) in [5.41, 5.74) is -0.356. The van der Waals surface area contributed by atoms with Gasteiger partial charge in [0.1, 0.15) is 11.6 Å². The molecule has 1 aromatic rings. The normalized spacial score (nSPS) is 31.5. The van der Waals surface area contributed by atoms with Crippen molar-refractivity contribution in [3.05, 3.63) is 35.9 Å². The van der Waals surface area contributed by atoms with Crippen LogP contribution in [0.1, 0.15) is 51.1 Å². The lowest BCUT2D eigenvalue weighted by Gasteiger charge is -2.36. The van der Waals surface area contributed by atoms with Crippen molar-refractivity contribution in [2.24, 2.45) is 11.8 Å². The van der Waals surface area contributed by atoms with Gasteiger partial charge in [0.05, 0.1) is 37.2 Å². The van der Waals surface area contributed by atoms with Crippen LogP contribution in [0.2, 0.25) is 0 Å². The molecular weight excluding hydrogens is 412 g/mol. The molecule has 0 saturated carbocycles. The molecule has 8 heteroatoms. The van der Waals surface area contributed by atoms with Crippen LogP contribution in [0.25, 0.3) is 0 Å². The van der Waals surface area contributed by atoms with Crippen LogP contribution >= 0.6 is 0 Å². The molecule has 3 fully saturated rings. The maximum absolute atomic E-state index is 13.9. The SMILES string of the molecule is CCCCNC(=O)[C@H]1N([C@H](CO)c2ccccc2)C(=O)[C@@H]2[C@@H](C(=O)OCC)[C@H]3CC[C@]21O3. The van der Waals surface area contributed by atoms with Crippen molar-refractivity contribution in [3.63, 3.8) is 0 Å². The summed E-state index contributed by atoms with van der Waals surface area (Å²) in [6.07, 6.45) is 2.42. The third kappa shape index (κ3) is 3.49. The third-order valence-corrected chi connectivity index (χ3v) is 7.07. The van der Waals surface area contributed by atoms with E-state index in [1.807, 2.05) is 37.3 Å². The van der Waals surface area contributed by atoms with Crippen molar-refractivity contribution in [1.82, 2.24) is 10.2 Å². The van der Waals surface area contributed by atoms with Gasteiger partial charge in [-0.1, -0.05) is 43.7 Å². The zero-order valence-electron chi connectivity index (χ0n) is 18.7. The van der Waals surface area contributed by atoms with Gasteiger partial charge in [-0.2, -0.15) is 0 Å². The fraction of sp³-hybridized carbons (Fsp3) is 0.625. The number of carbonyl (C=O) groups is 3. The van der Waals surface area contributed by atoms with E-state index in [4.69, 9.17) is 9.47 Å². The van der Waals surface area contributed by atoms with E-state index in [2.05, 4.69) is 5.32 Å². The number of esters is 1. The quantitative estimate of drug-likeness (QED) is 0.443. The monoisotopic (exact) mass is 444 g/mol. The minimum absolute atomic E-state index is 0.212. The number of carbonyl (C=O) groups excluding carboxylic acids is 3. The van der Waals surface area contributed by atoms with Crippen LogP contribution in [0.5, 0.6) is 0 Å². The molecule has 3 aliphatic heterocycles. The number of amides is 2. The minimum atomic E-state index is -1.09. The first-order chi connectivity index (χ1) is 15.5. The summed E-state index contributed by atoms with van der Waals surface area (Å²) in [5.74, 6) is -2.61. The topological polar surface area (TPSA) is 105 Å². The average Bonchev–Trinajstić information content (AvgIpc) is 3.43. The first-order valence-electron chi connectivity index (χ1n) is 11.6. The Kier molecular flexibility index (Phi) is 6.53. The Morgan fingerprint density at radius 1 is 1.31 bits per heavy atom. The molecule has 3 heterocycles. The largest absolute Gasteiger partial charge is 0.466 e. The highest BCUT2D eigenvalue weighted by molar-refractivity contribution is 5.98. The fourth-order valence-electron chi connectivity index (χ4n) is 5.75. The summed E-state index contributed by atoms with van der Waals surface area (Å²) in [4.78, 5) is 41.6. The number of hydrogen-bond acceptors (Lipinski definition) is 6. The number of rotatable bonds is 9. The molecule has 0 radical (unpaired) electrons. The molecule has 2 N–H and O–H groups in total. The van der Waals surface area contributed by atoms with E-state index < -0.39 is 41.6 Å². The van der Waals surface area contributed by atoms with Gasteiger partial charge in [-0.3, -0.25) is 14.4 Å². The Bertz CT molecular complexity index is 861. The number of aliphatic hydroxyl groups excluding tert-OH is 1. The summed E-state index contributed by atoms with van der Waals surface area (Å²) in [7, 11) is 0. The number of ether oxygens (including phenoxy) is 2. The predicted octanol–water partition coefficient (Wildman–Crippen LogP) is 1.57. The van der Waals surface area contributed by atoms with E-state index in [9.17, 15) is 19.5 Å². The Labute approximate surface area is 188 Å². The lowest BCUT2D eigenvalue weighted by atomic mass is 9.71. The maximum Gasteiger partial charge on any atom is 0.312 e. The van der Waals surface area contributed by atoms with Crippen LogP contribution in [-0.4, -0.2) is 65.3 Å². The molecule has 3 aliphatic rings. The molecule has 1 spiro atoms. The molecule has 32 heavy (non-hydrogen) atoms. The molecule has 1 aromatic carbocycles. The molecule has 6 atom stereocenters. The Morgan fingerprint density at radius 2 is 2.06 bits per heavy atom. The van der Waals surface area contributed by atoms with Crippen molar-refractivity contribution < 1.29 is 29.0 Å². The van der Waals surface area contributed by atoms with Crippen LogP contribution in [-0.2, 0) is 23.9 Å². The molecule has 0 aromatic heterocycles. The Hall–Kier alpha value is -2.45. The van der Waals surface area contributed by atoms with E-state index in [1.54, 1.807) is 6.92 Å². The fourth-order valence-corrected chi connectivity index (χ4v) is 5.75. The van der Waals surface area contributed by atoms with Crippen LogP contribution in [0.4, 0.5) is 0 Å². The van der Waals surface area contributed by atoms with E-state index in [-0.39, 0.29) is 25.0 Å². The van der Waals surface area contributed by atoms with Gasteiger partial charge in [-0.25, -0.2) is 0 Å². The van der Waals surface area contributed by atoms with E-state index in [1.165, 1.54) is 4.90 Å². The second-order valence-corrected chi connectivity index (χ2v) is 8.81. The average molecular weight is 445 g/mol. The van der Waals surface area contributed by atoms with Crippen LogP contribution in [0.15, 0.2) is 30.3 Å². The van der Waals surface area contributed by atoms with E-state index in [0.29, 0.717) is 19.4 Å². The zero-order valence-corrected chi connectivity index (χ0v) is 18.7. The summed E-state index contributed by atoms with van der Waals surface area (Å²) >= 11 is 0. The number of unbranched alkanes of at least 4 members (excludes halogenated alkanes) is 1. The number of likely N-dealkylation sites (tertiary alicyclic amines) is 1. The minimum Gasteiger partial charge on any atom is -0.466 e. The maximum atomic E-state index is 13.9. The highest BCUT2D eigenvalue weighted by Gasteiger charge is 2.75. The number of fused-ring (bicyclic) bond motifs is 1. The standard InChI is InChI=1S/C24H32N2O6/c1-3-5-13-25-21(28)20-24-12-11-17(32-24)18(23(30)31-4-2)19(24)22(29)26(20)16(14-27)15-9-7-6-8-10-15/h6-10,16-20,27H,3-5,11-14H2,1-2H3,(H,25,28)/t16-,17-,18+,19+,20-,24+/m1/s1. The molecular formula is C24H32N2O6. The first-order valence-corrected chi connectivity index (χ1v) is 11.6. The van der Waals surface area contributed by atoms with Gasteiger partial charge in [0.15, 0.2) is 0 Å². The second-order valence-electron chi connectivity index (χ2n) is 8.81.